The summed E-state index contributed by atoms with van der Waals surface area (Å²) in [7, 11) is -3.54. The highest BCUT2D eigenvalue weighted by atomic mass is 35.6. The molecule has 0 aromatic heterocycles. The Morgan fingerprint density at radius 2 is 1.69 bits per heavy atom. The fraction of sp³-hybridized carbons (Fsp3) is 1.00. The summed E-state index contributed by atoms with van der Waals surface area (Å²) in [5.74, 6) is -0.552. The van der Waals surface area contributed by atoms with Crippen molar-refractivity contribution in [2.75, 3.05) is 18.8 Å². The molecule has 0 spiro atoms. The van der Waals surface area contributed by atoms with Gasteiger partial charge < -0.3 is 5.11 Å². The molecule has 1 N–H and O–H groups in total. The molecule has 0 aromatic rings. The van der Waals surface area contributed by atoms with Gasteiger partial charge in [0.15, 0.2) is 0 Å². The van der Waals surface area contributed by atoms with Crippen LogP contribution in [0.1, 0.15) is 19.3 Å². The van der Waals surface area contributed by atoms with Gasteiger partial charge in [-0.1, -0.05) is 41.2 Å². The molecular formula is C8H14Cl3NO3S. The lowest BCUT2D eigenvalue weighted by Gasteiger charge is -2.28. The number of sulfonamides is 1. The van der Waals surface area contributed by atoms with Crippen LogP contribution in [0.5, 0.6) is 0 Å². The maximum atomic E-state index is 11.8. The fourth-order valence-electron chi connectivity index (χ4n) is 1.54. The van der Waals surface area contributed by atoms with Crippen LogP contribution >= 0.6 is 34.8 Å². The lowest BCUT2D eigenvalue weighted by molar-refractivity contribution is 0.198. The Morgan fingerprint density at radius 1 is 1.19 bits per heavy atom. The third-order valence-corrected chi connectivity index (χ3v) is 5.10. The highest BCUT2D eigenvalue weighted by molar-refractivity contribution is 7.89. The molecule has 1 aliphatic rings. The molecule has 0 aromatic carbocycles. The van der Waals surface area contributed by atoms with Gasteiger partial charge in [-0.25, -0.2) is 12.7 Å². The highest BCUT2D eigenvalue weighted by Gasteiger charge is 2.36. The summed E-state index contributed by atoms with van der Waals surface area (Å²) >= 11 is 16.3. The molecule has 0 saturated carbocycles. The first kappa shape index (κ1) is 14.8. The Hall–Kier alpha value is 0.740. The second-order valence-electron chi connectivity index (χ2n) is 3.80. The van der Waals surface area contributed by atoms with E-state index in [0.29, 0.717) is 13.1 Å². The van der Waals surface area contributed by atoms with Gasteiger partial charge in [0.2, 0.25) is 13.8 Å². The van der Waals surface area contributed by atoms with Crippen LogP contribution in [0.3, 0.4) is 0 Å². The molecule has 1 unspecified atom stereocenters. The van der Waals surface area contributed by atoms with Crippen LogP contribution in [0.2, 0.25) is 0 Å². The van der Waals surface area contributed by atoms with Crippen molar-refractivity contribution >= 4 is 44.8 Å². The van der Waals surface area contributed by atoms with Crippen molar-refractivity contribution in [3.8, 4) is 0 Å². The third-order valence-electron chi connectivity index (χ3n) is 2.45. The van der Waals surface area contributed by atoms with Gasteiger partial charge in [0.1, 0.15) is 6.10 Å². The normalized spacial score (nSPS) is 22.0. The first-order chi connectivity index (χ1) is 7.23. The van der Waals surface area contributed by atoms with E-state index in [-0.39, 0.29) is 0 Å². The van der Waals surface area contributed by atoms with Crippen LogP contribution in [0.4, 0.5) is 0 Å². The predicted molar refractivity (Wildman–Crippen MR) is 65.5 cm³/mol. The number of nitrogens with zero attached hydrogens (tertiary/aromatic N) is 1. The van der Waals surface area contributed by atoms with Crippen molar-refractivity contribution in [1.29, 1.82) is 0 Å². The van der Waals surface area contributed by atoms with Crippen molar-refractivity contribution < 1.29 is 13.5 Å². The smallest absolute Gasteiger partial charge is 0.217 e. The second-order valence-corrected chi connectivity index (χ2v) is 8.18. The van der Waals surface area contributed by atoms with E-state index in [1.807, 2.05) is 0 Å². The molecule has 4 nitrogen and oxygen atoms in total. The summed E-state index contributed by atoms with van der Waals surface area (Å²) in [5, 5.41) is 9.45. The Morgan fingerprint density at radius 3 is 2.12 bits per heavy atom. The lowest BCUT2D eigenvalue weighted by Crippen LogP contribution is -2.43. The Kier molecular flexibility index (Phi) is 5.17. The number of halogens is 3. The number of hydrogen-bond donors (Lipinski definition) is 1. The molecule has 1 rings (SSSR count). The minimum absolute atomic E-state index is 0.481. The number of hydrogen-bond acceptors (Lipinski definition) is 3. The zero-order valence-electron chi connectivity index (χ0n) is 8.57. The van der Waals surface area contributed by atoms with Crippen molar-refractivity contribution in [2.24, 2.45) is 0 Å². The summed E-state index contributed by atoms with van der Waals surface area (Å²) in [6.07, 6.45) is 1.19. The molecule has 1 aliphatic heterocycles. The summed E-state index contributed by atoms with van der Waals surface area (Å²) in [4.78, 5) is 0. The van der Waals surface area contributed by atoms with E-state index in [0.717, 1.165) is 19.3 Å². The molecule has 1 heterocycles. The van der Waals surface area contributed by atoms with Gasteiger partial charge in [0.05, 0.1) is 5.75 Å². The molecule has 16 heavy (non-hydrogen) atoms. The van der Waals surface area contributed by atoms with Gasteiger partial charge in [0, 0.05) is 13.1 Å². The van der Waals surface area contributed by atoms with Crippen molar-refractivity contribution in [3.05, 3.63) is 0 Å². The van der Waals surface area contributed by atoms with E-state index in [4.69, 9.17) is 34.8 Å². The van der Waals surface area contributed by atoms with Gasteiger partial charge in [-0.2, -0.15) is 0 Å². The Balaban J connectivity index is 2.64. The quantitative estimate of drug-likeness (QED) is 0.804. The average molecular weight is 311 g/mol. The first-order valence-electron chi connectivity index (χ1n) is 4.96. The van der Waals surface area contributed by atoms with E-state index >= 15 is 0 Å². The van der Waals surface area contributed by atoms with Crippen LogP contribution in [0.15, 0.2) is 0 Å². The number of aliphatic hydroxyl groups is 1. The largest absolute Gasteiger partial charge is 0.388 e. The SMILES string of the molecule is O=S(=O)(CC(O)C(Cl)(Cl)Cl)N1CCCCC1. The molecule has 1 atom stereocenters. The zero-order valence-corrected chi connectivity index (χ0v) is 11.7. The highest BCUT2D eigenvalue weighted by Crippen LogP contribution is 2.31. The zero-order chi connectivity index (χ0) is 12.4. The van der Waals surface area contributed by atoms with Crippen molar-refractivity contribution in [3.63, 3.8) is 0 Å². The van der Waals surface area contributed by atoms with Crippen LogP contribution in [0, 0.1) is 0 Å². The van der Waals surface area contributed by atoms with E-state index in [1.54, 1.807) is 0 Å². The minimum Gasteiger partial charge on any atom is -0.388 e. The van der Waals surface area contributed by atoms with Crippen molar-refractivity contribution in [1.82, 2.24) is 4.31 Å². The van der Waals surface area contributed by atoms with E-state index in [9.17, 15) is 13.5 Å². The fourth-order valence-corrected chi connectivity index (χ4v) is 3.72. The Labute approximate surface area is 111 Å². The van der Waals surface area contributed by atoms with Crippen LogP contribution in [-0.2, 0) is 10.0 Å². The first-order valence-corrected chi connectivity index (χ1v) is 7.70. The third kappa shape index (κ3) is 4.20. The van der Waals surface area contributed by atoms with E-state index in [2.05, 4.69) is 0 Å². The maximum Gasteiger partial charge on any atom is 0.217 e. The number of alkyl halides is 3. The molecule has 0 amide bonds. The maximum absolute atomic E-state index is 11.8. The average Bonchev–Trinajstić information content (AvgIpc) is 2.17. The molecule has 1 saturated heterocycles. The molecule has 8 heteroatoms. The van der Waals surface area contributed by atoms with E-state index in [1.165, 1.54) is 4.31 Å². The van der Waals surface area contributed by atoms with Gasteiger partial charge in [-0.05, 0) is 12.8 Å². The van der Waals surface area contributed by atoms with Crippen LogP contribution < -0.4 is 0 Å². The van der Waals surface area contributed by atoms with Crippen LogP contribution in [-0.4, -0.2) is 46.6 Å². The summed E-state index contributed by atoms with van der Waals surface area (Å²) in [6, 6.07) is 0. The number of rotatable bonds is 3. The van der Waals surface area contributed by atoms with Gasteiger partial charge >= 0.3 is 0 Å². The standard InChI is InChI=1S/C8H14Cl3NO3S/c9-8(10,11)7(13)6-16(14,15)12-4-2-1-3-5-12/h7,13H,1-6H2. The molecule has 0 radical (unpaired) electrons. The van der Waals surface area contributed by atoms with E-state index < -0.39 is 25.7 Å². The monoisotopic (exact) mass is 309 g/mol. The summed E-state index contributed by atoms with van der Waals surface area (Å²) in [5.41, 5.74) is 0. The van der Waals surface area contributed by atoms with Gasteiger partial charge in [-0.3, -0.25) is 0 Å². The molecule has 0 aliphatic carbocycles. The number of piperidine rings is 1. The van der Waals surface area contributed by atoms with Crippen molar-refractivity contribution in [2.45, 2.75) is 29.2 Å². The van der Waals surface area contributed by atoms with Gasteiger partial charge in [0.25, 0.3) is 0 Å². The second kappa shape index (κ2) is 5.59. The molecule has 96 valence electrons. The Bertz CT molecular complexity index is 322. The molecule has 0 bridgehead atoms. The molecule has 1 fully saturated rings. The minimum atomic E-state index is -3.54. The lowest BCUT2D eigenvalue weighted by atomic mass is 10.2. The summed E-state index contributed by atoms with van der Waals surface area (Å²) in [6.45, 7) is 0.962. The summed E-state index contributed by atoms with van der Waals surface area (Å²) < 4.78 is 23.0. The predicted octanol–water partition coefficient (Wildman–Crippen LogP) is 1.53. The van der Waals surface area contributed by atoms with Gasteiger partial charge in [-0.15, -0.1) is 0 Å². The topological polar surface area (TPSA) is 57.6 Å². The number of aliphatic hydroxyl groups excluding tert-OH is 1. The van der Waals surface area contributed by atoms with Crippen LogP contribution in [0.25, 0.3) is 0 Å². The molecular weight excluding hydrogens is 297 g/mol.